The molecule has 0 radical (unpaired) electrons. The minimum atomic E-state index is 0.599. The molecule has 2 N–H and O–H groups in total. The van der Waals surface area contributed by atoms with E-state index in [1.54, 1.807) is 7.11 Å². The van der Waals surface area contributed by atoms with Crippen LogP contribution < -0.4 is 10.5 Å². The molecule has 5 heteroatoms. The van der Waals surface area contributed by atoms with E-state index >= 15 is 0 Å². The topological polar surface area (TPSA) is 53.1 Å². The molecule has 1 aromatic heterocycles. The van der Waals surface area contributed by atoms with Crippen LogP contribution >= 0.6 is 15.9 Å². The Bertz CT molecular complexity index is 635. The Kier molecular flexibility index (Phi) is 4.50. The van der Waals surface area contributed by atoms with Gasteiger partial charge in [-0.1, -0.05) is 6.07 Å². The number of rotatable bonds is 4. The highest BCUT2D eigenvalue weighted by molar-refractivity contribution is 9.10. The van der Waals surface area contributed by atoms with Crippen molar-refractivity contribution in [3.8, 4) is 17.0 Å². The van der Waals surface area contributed by atoms with Gasteiger partial charge in [0.15, 0.2) is 0 Å². The number of hydrogen-bond donors (Lipinski definition) is 1. The fourth-order valence-electron chi connectivity index (χ4n) is 2.49. The van der Waals surface area contributed by atoms with Crippen LogP contribution in [0.4, 0.5) is 0 Å². The quantitative estimate of drug-likeness (QED) is 0.932. The molecule has 2 aromatic rings. The van der Waals surface area contributed by atoms with E-state index in [4.69, 9.17) is 10.5 Å². The Morgan fingerprint density at radius 2 is 2.05 bits per heavy atom. The molecule has 0 saturated heterocycles. The Morgan fingerprint density at radius 3 is 2.65 bits per heavy atom. The molecule has 0 aliphatic rings. The summed E-state index contributed by atoms with van der Waals surface area (Å²) in [7, 11) is 3.63. The average molecular weight is 338 g/mol. The van der Waals surface area contributed by atoms with Crippen molar-refractivity contribution in [1.29, 1.82) is 0 Å². The number of benzene rings is 1. The van der Waals surface area contributed by atoms with E-state index < -0.39 is 0 Å². The molecule has 0 amide bonds. The predicted octanol–water partition coefficient (Wildman–Crippen LogP) is 2.98. The minimum absolute atomic E-state index is 0.599. The number of nitrogens with zero attached hydrogens (tertiary/aromatic N) is 2. The second-order valence-corrected chi connectivity index (χ2v) is 5.72. The van der Waals surface area contributed by atoms with Crippen molar-refractivity contribution < 1.29 is 4.74 Å². The summed E-state index contributed by atoms with van der Waals surface area (Å²) in [5.41, 5.74) is 11.0. The fraction of sp³-hybridized carbons (Fsp3) is 0.400. The third-order valence-corrected chi connectivity index (χ3v) is 4.22. The smallest absolute Gasteiger partial charge is 0.128 e. The van der Waals surface area contributed by atoms with Crippen molar-refractivity contribution in [1.82, 2.24) is 9.78 Å². The average Bonchev–Trinajstić information content (AvgIpc) is 2.66. The van der Waals surface area contributed by atoms with Crippen molar-refractivity contribution in [2.75, 3.05) is 13.7 Å². The first kappa shape index (κ1) is 15.1. The number of aromatic nitrogens is 2. The van der Waals surface area contributed by atoms with Gasteiger partial charge in [0.1, 0.15) is 11.4 Å². The zero-order valence-electron chi connectivity index (χ0n) is 12.3. The predicted molar refractivity (Wildman–Crippen MR) is 85.1 cm³/mol. The largest absolute Gasteiger partial charge is 0.496 e. The number of ether oxygens (including phenoxy) is 1. The molecule has 0 bridgehead atoms. The maximum Gasteiger partial charge on any atom is 0.128 e. The van der Waals surface area contributed by atoms with Gasteiger partial charge in [-0.05, 0) is 53.5 Å². The molecule has 0 atom stereocenters. The van der Waals surface area contributed by atoms with Gasteiger partial charge in [-0.3, -0.25) is 4.68 Å². The summed E-state index contributed by atoms with van der Waals surface area (Å²) in [5, 5.41) is 4.63. The summed E-state index contributed by atoms with van der Waals surface area (Å²) in [6.45, 7) is 4.74. The molecule has 108 valence electrons. The lowest BCUT2D eigenvalue weighted by atomic mass is 10.0. The maximum atomic E-state index is 5.67. The van der Waals surface area contributed by atoms with Crippen LogP contribution in [0.1, 0.15) is 16.8 Å². The Hall–Kier alpha value is -1.33. The number of nitrogens with two attached hydrogens (primary N) is 1. The maximum absolute atomic E-state index is 5.67. The van der Waals surface area contributed by atoms with Gasteiger partial charge in [0.05, 0.1) is 17.3 Å². The van der Waals surface area contributed by atoms with Crippen molar-refractivity contribution in [3.63, 3.8) is 0 Å². The summed E-state index contributed by atoms with van der Waals surface area (Å²) in [4.78, 5) is 0. The van der Waals surface area contributed by atoms with Crippen molar-refractivity contribution in [2.24, 2.45) is 12.8 Å². The van der Waals surface area contributed by atoms with E-state index in [0.29, 0.717) is 6.54 Å². The van der Waals surface area contributed by atoms with Crippen LogP contribution in [0.3, 0.4) is 0 Å². The van der Waals surface area contributed by atoms with E-state index in [1.807, 2.05) is 17.8 Å². The first-order chi connectivity index (χ1) is 9.49. The van der Waals surface area contributed by atoms with Crippen molar-refractivity contribution >= 4 is 15.9 Å². The Morgan fingerprint density at radius 1 is 1.35 bits per heavy atom. The molecule has 0 aliphatic carbocycles. The molecule has 0 fully saturated rings. The summed E-state index contributed by atoms with van der Waals surface area (Å²) in [6, 6.07) is 4.17. The molecule has 0 saturated carbocycles. The monoisotopic (exact) mass is 337 g/mol. The first-order valence-electron chi connectivity index (χ1n) is 6.56. The second-order valence-electron chi connectivity index (χ2n) is 4.93. The third-order valence-electron chi connectivity index (χ3n) is 3.38. The molecule has 0 aliphatic heterocycles. The van der Waals surface area contributed by atoms with Crippen molar-refractivity contribution in [2.45, 2.75) is 20.3 Å². The van der Waals surface area contributed by atoms with E-state index in [-0.39, 0.29) is 0 Å². The molecule has 0 unspecified atom stereocenters. The SMILES string of the molecule is COc1cc(C)cc(C)c1-c1nn(C)c(CCN)c1Br. The second kappa shape index (κ2) is 5.97. The van der Waals surface area contributed by atoms with Gasteiger partial charge < -0.3 is 10.5 Å². The van der Waals surface area contributed by atoms with Gasteiger partial charge in [0.25, 0.3) is 0 Å². The summed E-state index contributed by atoms with van der Waals surface area (Å²) >= 11 is 3.66. The highest BCUT2D eigenvalue weighted by Crippen LogP contribution is 2.38. The van der Waals surface area contributed by atoms with Gasteiger partial charge in [-0.2, -0.15) is 5.10 Å². The number of halogens is 1. The Balaban J connectivity index is 2.66. The minimum Gasteiger partial charge on any atom is -0.496 e. The molecular formula is C15H20BrN3O. The van der Waals surface area contributed by atoms with Crippen LogP contribution in [-0.4, -0.2) is 23.4 Å². The highest BCUT2D eigenvalue weighted by atomic mass is 79.9. The third kappa shape index (κ3) is 2.60. The zero-order chi connectivity index (χ0) is 14.9. The lowest BCUT2D eigenvalue weighted by Gasteiger charge is -2.11. The van der Waals surface area contributed by atoms with Crippen LogP contribution in [0.2, 0.25) is 0 Å². The van der Waals surface area contributed by atoms with E-state index in [2.05, 4.69) is 40.9 Å². The number of aryl methyl sites for hydroxylation is 3. The standard InChI is InChI=1S/C15H20BrN3O/c1-9-7-10(2)13(12(8-9)20-4)15-14(16)11(5-6-17)19(3)18-15/h7-8H,5-6,17H2,1-4H3. The first-order valence-corrected chi connectivity index (χ1v) is 7.36. The molecule has 1 aromatic carbocycles. The highest BCUT2D eigenvalue weighted by Gasteiger charge is 2.20. The van der Waals surface area contributed by atoms with Crippen LogP contribution in [0.25, 0.3) is 11.3 Å². The lowest BCUT2D eigenvalue weighted by molar-refractivity contribution is 0.415. The summed E-state index contributed by atoms with van der Waals surface area (Å²) in [5.74, 6) is 0.848. The summed E-state index contributed by atoms with van der Waals surface area (Å²) < 4.78 is 8.41. The van der Waals surface area contributed by atoms with Crippen LogP contribution in [0, 0.1) is 13.8 Å². The normalized spacial score (nSPS) is 10.9. The molecular weight excluding hydrogens is 318 g/mol. The van der Waals surface area contributed by atoms with E-state index in [1.165, 1.54) is 5.56 Å². The molecule has 20 heavy (non-hydrogen) atoms. The Labute approximate surface area is 128 Å². The van der Waals surface area contributed by atoms with Gasteiger partial charge in [-0.25, -0.2) is 0 Å². The molecule has 4 nitrogen and oxygen atoms in total. The van der Waals surface area contributed by atoms with Crippen LogP contribution in [-0.2, 0) is 13.5 Å². The fourth-order valence-corrected chi connectivity index (χ4v) is 3.23. The van der Waals surface area contributed by atoms with E-state index in [9.17, 15) is 0 Å². The van der Waals surface area contributed by atoms with Gasteiger partial charge in [-0.15, -0.1) is 0 Å². The van der Waals surface area contributed by atoms with Crippen molar-refractivity contribution in [3.05, 3.63) is 33.4 Å². The summed E-state index contributed by atoms with van der Waals surface area (Å²) in [6.07, 6.45) is 0.789. The van der Waals surface area contributed by atoms with E-state index in [0.717, 1.165) is 39.2 Å². The zero-order valence-corrected chi connectivity index (χ0v) is 13.9. The number of methoxy groups -OCH3 is 1. The van der Waals surface area contributed by atoms with Gasteiger partial charge in [0.2, 0.25) is 0 Å². The van der Waals surface area contributed by atoms with Crippen LogP contribution in [0.15, 0.2) is 16.6 Å². The van der Waals surface area contributed by atoms with Crippen LogP contribution in [0.5, 0.6) is 5.75 Å². The lowest BCUT2D eigenvalue weighted by Crippen LogP contribution is -2.07. The molecule has 2 rings (SSSR count). The molecule has 0 spiro atoms. The number of hydrogen-bond acceptors (Lipinski definition) is 3. The van der Waals surface area contributed by atoms with Gasteiger partial charge >= 0.3 is 0 Å². The molecule has 1 heterocycles. The van der Waals surface area contributed by atoms with Gasteiger partial charge in [0, 0.05) is 19.0 Å².